The van der Waals surface area contributed by atoms with Gasteiger partial charge in [0.25, 0.3) is 0 Å². The molecule has 0 saturated carbocycles. The number of allylic oxidation sites excluding steroid dienone is 2. The van der Waals surface area contributed by atoms with E-state index in [1.807, 2.05) is 17.6 Å². The lowest BCUT2D eigenvalue weighted by Gasteiger charge is -2.19. The topological polar surface area (TPSA) is 38.3 Å². The summed E-state index contributed by atoms with van der Waals surface area (Å²) in [5.41, 5.74) is -0.943. The molecule has 0 saturated heterocycles. The number of ketones is 1. The lowest BCUT2D eigenvalue weighted by molar-refractivity contribution is -0.137. The summed E-state index contributed by atoms with van der Waals surface area (Å²) in [7, 11) is 1.54. The Balaban J connectivity index is 2.02. The van der Waals surface area contributed by atoms with Gasteiger partial charge in [-0.15, -0.1) is 11.8 Å². The van der Waals surface area contributed by atoms with Crippen LogP contribution in [-0.4, -0.2) is 24.2 Å². The van der Waals surface area contributed by atoms with Gasteiger partial charge < -0.3 is 10.1 Å². The summed E-state index contributed by atoms with van der Waals surface area (Å²) in [5, 5.41) is 3.80. The predicted octanol–water partition coefficient (Wildman–Crippen LogP) is 4.40. The molecule has 3 nitrogen and oxygen atoms in total. The fourth-order valence-electron chi connectivity index (χ4n) is 2.67. The second-order valence-electron chi connectivity index (χ2n) is 5.34. The van der Waals surface area contributed by atoms with Crippen molar-refractivity contribution in [3.05, 3.63) is 63.9 Å². The van der Waals surface area contributed by atoms with Gasteiger partial charge in [0.05, 0.1) is 21.4 Å². The van der Waals surface area contributed by atoms with Crippen LogP contribution in [0.25, 0.3) is 5.57 Å². The molecule has 0 spiro atoms. The molecular formula is C17H13ClF3NO2S. The third-order valence-electron chi connectivity index (χ3n) is 3.80. The maximum atomic E-state index is 13.1. The second-order valence-corrected chi connectivity index (χ2v) is 6.80. The lowest BCUT2D eigenvalue weighted by atomic mass is 9.97. The van der Waals surface area contributed by atoms with Crippen molar-refractivity contribution in [3.63, 3.8) is 0 Å². The Morgan fingerprint density at radius 3 is 2.64 bits per heavy atom. The molecule has 132 valence electrons. The lowest BCUT2D eigenvalue weighted by Crippen LogP contribution is -2.29. The Bertz CT molecular complexity index is 802. The quantitative estimate of drug-likeness (QED) is 0.834. The highest BCUT2D eigenvalue weighted by Gasteiger charge is 2.42. The summed E-state index contributed by atoms with van der Waals surface area (Å²) in [6.07, 6.45) is 0.0116. The summed E-state index contributed by atoms with van der Waals surface area (Å²) in [4.78, 5) is 12.9. The summed E-state index contributed by atoms with van der Waals surface area (Å²) in [5.74, 6) is -0.275. The molecule has 1 aromatic carbocycles. The van der Waals surface area contributed by atoms with Crippen molar-refractivity contribution in [2.75, 3.05) is 7.05 Å². The summed E-state index contributed by atoms with van der Waals surface area (Å²) in [6, 6.07) is 3.49. The van der Waals surface area contributed by atoms with E-state index >= 15 is 0 Å². The Morgan fingerprint density at radius 1 is 1.28 bits per heavy atom. The number of hydrogen-bond donors (Lipinski definition) is 1. The molecule has 0 aromatic heterocycles. The molecule has 1 aromatic rings. The zero-order valence-corrected chi connectivity index (χ0v) is 14.5. The molecule has 0 bridgehead atoms. The van der Waals surface area contributed by atoms with Gasteiger partial charge in [-0.2, -0.15) is 13.2 Å². The van der Waals surface area contributed by atoms with Crippen molar-refractivity contribution in [2.45, 2.75) is 17.5 Å². The number of Topliss-reactive ketones (excluding diaryl/α,β-unsaturated/α-hetero) is 1. The van der Waals surface area contributed by atoms with Crippen LogP contribution < -0.4 is 5.32 Å². The molecule has 0 amide bonds. The highest BCUT2D eigenvalue weighted by molar-refractivity contribution is 8.03. The van der Waals surface area contributed by atoms with Crippen LogP contribution in [0.2, 0.25) is 5.02 Å². The van der Waals surface area contributed by atoms with Gasteiger partial charge in [0.1, 0.15) is 0 Å². The van der Waals surface area contributed by atoms with E-state index in [-0.39, 0.29) is 22.3 Å². The van der Waals surface area contributed by atoms with Crippen LogP contribution in [0, 0.1) is 0 Å². The number of carbonyl (C=O) groups is 1. The fraction of sp³-hybridized carbons (Fsp3) is 0.235. The van der Waals surface area contributed by atoms with Crippen LogP contribution in [0.4, 0.5) is 13.2 Å². The standard InChI is InChI=1S/C17H13ClF3NO2S/c1-22-16-12(9-5-4-6-10(13(9)18)17(19,20)21)14(23)15(24-16)11-7-2-3-8-25-11/h2-8,11,15,22H,1H3. The van der Waals surface area contributed by atoms with E-state index in [2.05, 4.69) is 5.32 Å². The minimum absolute atomic E-state index is 0.00803. The highest BCUT2D eigenvalue weighted by atomic mass is 35.5. The molecule has 2 aliphatic heterocycles. The molecule has 2 atom stereocenters. The first-order chi connectivity index (χ1) is 11.8. The van der Waals surface area contributed by atoms with Crippen LogP contribution in [0.1, 0.15) is 11.1 Å². The average Bonchev–Trinajstić information content (AvgIpc) is 2.91. The van der Waals surface area contributed by atoms with E-state index in [1.54, 1.807) is 6.08 Å². The molecule has 25 heavy (non-hydrogen) atoms. The third kappa shape index (κ3) is 3.30. The molecule has 8 heteroatoms. The zero-order chi connectivity index (χ0) is 18.2. The maximum absolute atomic E-state index is 13.1. The maximum Gasteiger partial charge on any atom is 0.417 e. The smallest absolute Gasteiger partial charge is 0.417 e. The van der Waals surface area contributed by atoms with E-state index in [0.29, 0.717) is 0 Å². The number of alkyl halides is 3. The van der Waals surface area contributed by atoms with Crippen LogP contribution >= 0.6 is 23.4 Å². The Labute approximate surface area is 151 Å². The Hall–Kier alpha value is -1.86. The molecule has 2 aliphatic rings. The number of thioether (sulfide) groups is 1. The Kier molecular flexibility index (Phi) is 4.88. The first kappa shape index (κ1) is 17.9. The van der Waals surface area contributed by atoms with Crippen LogP contribution in [0.5, 0.6) is 0 Å². The van der Waals surface area contributed by atoms with Gasteiger partial charge >= 0.3 is 6.18 Å². The minimum atomic E-state index is -4.61. The van der Waals surface area contributed by atoms with Gasteiger partial charge in [-0.05, 0) is 11.5 Å². The van der Waals surface area contributed by atoms with Crippen LogP contribution in [0.15, 0.2) is 47.7 Å². The number of nitrogens with one attached hydrogen (secondary N) is 1. The minimum Gasteiger partial charge on any atom is -0.465 e. The number of ether oxygens (including phenoxy) is 1. The van der Waals surface area contributed by atoms with Gasteiger partial charge in [-0.3, -0.25) is 4.79 Å². The van der Waals surface area contributed by atoms with E-state index in [1.165, 1.54) is 30.9 Å². The van der Waals surface area contributed by atoms with Crippen LogP contribution in [-0.2, 0) is 15.7 Å². The van der Waals surface area contributed by atoms with Gasteiger partial charge in [-0.25, -0.2) is 0 Å². The number of hydrogen-bond acceptors (Lipinski definition) is 4. The summed E-state index contributed by atoms with van der Waals surface area (Å²) < 4.78 is 45.0. The molecule has 2 unspecified atom stereocenters. The fourth-order valence-corrected chi connectivity index (χ4v) is 3.86. The van der Waals surface area contributed by atoms with E-state index < -0.39 is 28.6 Å². The normalized spacial score (nSPS) is 23.2. The van der Waals surface area contributed by atoms with E-state index in [0.717, 1.165) is 6.07 Å². The first-order valence-electron chi connectivity index (χ1n) is 7.32. The van der Waals surface area contributed by atoms with Crippen LogP contribution in [0.3, 0.4) is 0 Å². The van der Waals surface area contributed by atoms with Crippen molar-refractivity contribution in [3.8, 4) is 0 Å². The van der Waals surface area contributed by atoms with Gasteiger partial charge in [-0.1, -0.05) is 42.0 Å². The van der Waals surface area contributed by atoms with E-state index in [4.69, 9.17) is 16.3 Å². The number of benzene rings is 1. The van der Waals surface area contributed by atoms with E-state index in [9.17, 15) is 18.0 Å². The van der Waals surface area contributed by atoms with Crippen molar-refractivity contribution in [2.24, 2.45) is 0 Å². The van der Waals surface area contributed by atoms with Gasteiger partial charge in [0.15, 0.2) is 12.0 Å². The predicted molar refractivity (Wildman–Crippen MR) is 92.0 cm³/mol. The average molecular weight is 388 g/mol. The molecule has 3 rings (SSSR count). The third-order valence-corrected chi connectivity index (χ3v) is 5.24. The SMILES string of the molecule is CNC1=C(c2cccc(C(F)(F)F)c2Cl)C(=O)C(C2C=CC=CS2)O1. The molecule has 1 N–H and O–H groups in total. The molecule has 0 radical (unpaired) electrons. The van der Waals surface area contributed by atoms with Crippen molar-refractivity contribution in [1.82, 2.24) is 5.32 Å². The van der Waals surface area contributed by atoms with Crippen molar-refractivity contribution >= 4 is 34.7 Å². The molecule has 0 aliphatic carbocycles. The van der Waals surface area contributed by atoms with Gasteiger partial charge in [0.2, 0.25) is 5.78 Å². The Morgan fingerprint density at radius 2 is 2.04 bits per heavy atom. The number of rotatable bonds is 3. The highest BCUT2D eigenvalue weighted by Crippen LogP contribution is 2.42. The largest absolute Gasteiger partial charge is 0.465 e. The number of carbonyl (C=O) groups excluding carboxylic acids is 1. The summed E-state index contributed by atoms with van der Waals surface area (Å²) in [6.45, 7) is 0. The van der Waals surface area contributed by atoms with Crippen molar-refractivity contribution in [1.29, 1.82) is 0 Å². The second kappa shape index (κ2) is 6.80. The first-order valence-corrected chi connectivity index (χ1v) is 8.64. The molecule has 0 fully saturated rings. The van der Waals surface area contributed by atoms with Gasteiger partial charge in [0, 0.05) is 12.6 Å². The monoisotopic (exact) mass is 387 g/mol. The molecule has 2 heterocycles. The molecular weight excluding hydrogens is 375 g/mol. The number of halogens is 4. The zero-order valence-electron chi connectivity index (χ0n) is 12.9. The summed E-state index contributed by atoms with van der Waals surface area (Å²) >= 11 is 7.38. The van der Waals surface area contributed by atoms with Crippen molar-refractivity contribution < 1.29 is 22.7 Å².